The van der Waals surface area contributed by atoms with Crippen LogP contribution in [0.5, 0.6) is 0 Å². The van der Waals surface area contributed by atoms with Crippen LogP contribution in [0.1, 0.15) is 32.1 Å². The number of nitrogens with zero attached hydrogens (tertiary/aromatic N) is 5. The first-order valence-corrected chi connectivity index (χ1v) is 7.70. The summed E-state index contributed by atoms with van der Waals surface area (Å²) in [4.78, 5) is 37.2. The standard InChI is InChI=1S/C15H17N5O4/c1-9(15(22)23)20(10-3-4-10)12(21)6-5-11-18-14(19-24-11)13-16-7-2-8-17-13/h2,7-10H,3-6H2,1H3,(H,22,23). The Morgan fingerprint density at radius 1 is 1.33 bits per heavy atom. The molecule has 3 rings (SSSR count). The van der Waals surface area contributed by atoms with Crippen molar-refractivity contribution >= 4 is 11.9 Å². The monoisotopic (exact) mass is 331 g/mol. The predicted molar refractivity (Wildman–Crippen MR) is 80.6 cm³/mol. The summed E-state index contributed by atoms with van der Waals surface area (Å²) in [6.07, 6.45) is 5.20. The minimum atomic E-state index is -1.00. The van der Waals surface area contributed by atoms with E-state index in [0.29, 0.717) is 11.7 Å². The normalized spacial score (nSPS) is 15.0. The first-order valence-electron chi connectivity index (χ1n) is 7.70. The number of hydrogen-bond donors (Lipinski definition) is 1. The summed E-state index contributed by atoms with van der Waals surface area (Å²) < 4.78 is 5.11. The van der Waals surface area contributed by atoms with Crippen LogP contribution in [0.2, 0.25) is 0 Å². The molecule has 1 aliphatic carbocycles. The van der Waals surface area contributed by atoms with Crippen molar-refractivity contribution in [1.82, 2.24) is 25.0 Å². The van der Waals surface area contributed by atoms with Gasteiger partial charge in [-0.05, 0) is 25.8 Å². The third-order valence-electron chi connectivity index (χ3n) is 3.79. The summed E-state index contributed by atoms with van der Waals surface area (Å²) >= 11 is 0. The molecule has 2 aromatic rings. The van der Waals surface area contributed by atoms with Crippen LogP contribution >= 0.6 is 0 Å². The molecular formula is C15H17N5O4. The zero-order valence-corrected chi connectivity index (χ0v) is 13.1. The van der Waals surface area contributed by atoms with E-state index in [2.05, 4.69) is 20.1 Å². The quantitative estimate of drug-likeness (QED) is 0.794. The third kappa shape index (κ3) is 3.55. The highest BCUT2D eigenvalue weighted by atomic mass is 16.5. The van der Waals surface area contributed by atoms with Gasteiger partial charge in [-0.2, -0.15) is 4.98 Å². The number of aliphatic carboxylic acids is 1. The molecule has 1 amide bonds. The molecule has 1 saturated carbocycles. The highest BCUT2D eigenvalue weighted by Gasteiger charge is 2.38. The maximum atomic E-state index is 12.4. The van der Waals surface area contributed by atoms with Crippen molar-refractivity contribution < 1.29 is 19.2 Å². The van der Waals surface area contributed by atoms with E-state index in [1.165, 1.54) is 11.8 Å². The minimum Gasteiger partial charge on any atom is -0.480 e. The van der Waals surface area contributed by atoms with Crippen molar-refractivity contribution in [3.05, 3.63) is 24.4 Å². The van der Waals surface area contributed by atoms with Crippen LogP contribution in [-0.2, 0) is 16.0 Å². The lowest BCUT2D eigenvalue weighted by Gasteiger charge is -2.26. The molecule has 0 saturated heterocycles. The second-order valence-corrected chi connectivity index (χ2v) is 5.63. The van der Waals surface area contributed by atoms with Gasteiger partial charge in [0.2, 0.25) is 23.4 Å². The van der Waals surface area contributed by atoms with E-state index in [1.807, 2.05) is 0 Å². The van der Waals surface area contributed by atoms with Gasteiger partial charge in [-0.1, -0.05) is 5.16 Å². The summed E-state index contributed by atoms with van der Waals surface area (Å²) in [5.41, 5.74) is 0. The van der Waals surface area contributed by atoms with Gasteiger partial charge in [-0.25, -0.2) is 14.8 Å². The van der Waals surface area contributed by atoms with Crippen LogP contribution in [0.25, 0.3) is 11.6 Å². The summed E-state index contributed by atoms with van der Waals surface area (Å²) in [5.74, 6) is -0.321. The SMILES string of the molecule is CC(C(=O)O)N(C(=O)CCc1nc(-c2ncccn2)no1)C1CC1. The lowest BCUT2D eigenvalue weighted by Crippen LogP contribution is -2.44. The number of carbonyl (C=O) groups excluding carboxylic acids is 1. The topological polar surface area (TPSA) is 122 Å². The number of rotatable bonds is 7. The van der Waals surface area contributed by atoms with Gasteiger partial charge in [0.15, 0.2) is 0 Å². The van der Waals surface area contributed by atoms with Crippen LogP contribution in [-0.4, -0.2) is 54.1 Å². The van der Waals surface area contributed by atoms with Gasteiger partial charge in [-0.3, -0.25) is 4.79 Å². The Balaban J connectivity index is 1.62. The Labute approximate surface area is 137 Å². The maximum absolute atomic E-state index is 12.4. The molecule has 24 heavy (non-hydrogen) atoms. The second kappa shape index (κ2) is 6.73. The van der Waals surface area contributed by atoms with Gasteiger partial charge in [0.05, 0.1) is 0 Å². The molecule has 0 aliphatic heterocycles. The Hall–Kier alpha value is -2.84. The molecule has 1 aliphatic rings. The molecule has 9 heteroatoms. The lowest BCUT2D eigenvalue weighted by molar-refractivity contribution is -0.150. The summed E-state index contributed by atoms with van der Waals surface area (Å²) in [5, 5.41) is 12.9. The van der Waals surface area contributed by atoms with Crippen molar-refractivity contribution in [2.45, 2.75) is 44.7 Å². The Morgan fingerprint density at radius 2 is 2.04 bits per heavy atom. The molecule has 0 spiro atoms. The minimum absolute atomic E-state index is 0.0274. The lowest BCUT2D eigenvalue weighted by atomic mass is 10.2. The van der Waals surface area contributed by atoms with Gasteiger partial charge >= 0.3 is 5.97 Å². The molecule has 0 radical (unpaired) electrons. The fourth-order valence-electron chi connectivity index (χ4n) is 2.41. The van der Waals surface area contributed by atoms with E-state index in [0.717, 1.165) is 12.8 Å². The first kappa shape index (κ1) is 16.0. The van der Waals surface area contributed by atoms with Crippen LogP contribution in [0.3, 0.4) is 0 Å². The highest BCUT2D eigenvalue weighted by Crippen LogP contribution is 2.29. The van der Waals surface area contributed by atoms with E-state index in [9.17, 15) is 9.59 Å². The first-order chi connectivity index (χ1) is 11.6. The van der Waals surface area contributed by atoms with Crippen molar-refractivity contribution in [3.8, 4) is 11.6 Å². The average molecular weight is 331 g/mol. The van der Waals surface area contributed by atoms with Crippen LogP contribution in [0.4, 0.5) is 0 Å². The van der Waals surface area contributed by atoms with Crippen LogP contribution in [0.15, 0.2) is 23.0 Å². The molecule has 2 heterocycles. The van der Waals surface area contributed by atoms with Crippen LogP contribution in [0, 0.1) is 0 Å². The molecule has 1 unspecified atom stereocenters. The number of carboxylic acids is 1. The second-order valence-electron chi connectivity index (χ2n) is 5.63. The molecule has 0 aromatic carbocycles. The number of hydrogen-bond acceptors (Lipinski definition) is 7. The largest absolute Gasteiger partial charge is 0.480 e. The van der Waals surface area contributed by atoms with E-state index in [-0.39, 0.29) is 30.6 Å². The maximum Gasteiger partial charge on any atom is 0.326 e. The molecular weight excluding hydrogens is 314 g/mol. The van der Waals surface area contributed by atoms with Gasteiger partial charge in [0.1, 0.15) is 6.04 Å². The molecule has 2 aromatic heterocycles. The van der Waals surface area contributed by atoms with Gasteiger partial charge in [0, 0.05) is 31.3 Å². The van der Waals surface area contributed by atoms with E-state index < -0.39 is 12.0 Å². The van der Waals surface area contributed by atoms with Gasteiger partial charge < -0.3 is 14.5 Å². The average Bonchev–Trinajstić information content (AvgIpc) is 3.30. The molecule has 126 valence electrons. The van der Waals surface area contributed by atoms with Crippen molar-refractivity contribution in [3.63, 3.8) is 0 Å². The van der Waals surface area contributed by atoms with Crippen molar-refractivity contribution in [2.24, 2.45) is 0 Å². The fraction of sp³-hybridized carbons (Fsp3) is 0.467. The van der Waals surface area contributed by atoms with E-state index in [1.54, 1.807) is 18.5 Å². The molecule has 0 bridgehead atoms. The fourth-order valence-corrected chi connectivity index (χ4v) is 2.41. The molecule has 9 nitrogen and oxygen atoms in total. The molecule has 1 fully saturated rings. The Kier molecular flexibility index (Phi) is 4.50. The highest BCUT2D eigenvalue weighted by molar-refractivity contribution is 5.84. The molecule has 1 atom stereocenters. The van der Waals surface area contributed by atoms with Crippen molar-refractivity contribution in [2.75, 3.05) is 0 Å². The predicted octanol–water partition coefficient (Wildman–Crippen LogP) is 0.923. The number of amides is 1. The number of carbonyl (C=O) groups is 2. The Morgan fingerprint density at radius 3 is 2.67 bits per heavy atom. The summed E-state index contributed by atoms with van der Waals surface area (Å²) in [6.45, 7) is 1.52. The number of carboxylic acid groups (broad SMARTS) is 1. The zero-order chi connectivity index (χ0) is 17.1. The smallest absolute Gasteiger partial charge is 0.326 e. The number of aromatic nitrogens is 4. The summed E-state index contributed by atoms with van der Waals surface area (Å²) in [7, 11) is 0. The Bertz CT molecular complexity index is 728. The summed E-state index contributed by atoms with van der Waals surface area (Å²) in [6, 6.07) is 0.875. The number of aryl methyl sites for hydroxylation is 1. The van der Waals surface area contributed by atoms with Crippen molar-refractivity contribution in [1.29, 1.82) is 0 Å². The van der Waals surface area contributed by atoms with Crippen LogP contribution < -0.4 is 0 Å². The molecule has 1 N–H and O–H groups in total. The zero-order valence-electron chi connectivity index (χ0n) is 13.1. The third-order valence-corrected chi connectivity index (χ3v) is 3.79. The van der Waals surface area contributed by atoms with E-state index >= 15 is 0 Å². The van der Waals surface area contributed by atoms with E-state index in [4.69, 9.17) is 9.63 Å². The van der Waals surface area contributed by atoms with Gasteiger partial charge in [-0.15, -0.1) is 0 Å². The van der Waals surface area contributed by atoms with Gasteiger partial charge in [0.25, 0.3) is 0 Å².